The summed E-state index contributed by atoms with van der Waals surface area (Å²) in [6.07, 6.45) is 4.29. The first-order valence-electron chi connectivity index (χ1n) is 24.2. The number of carbonyl (C=O) groups is 3. The molecule has 13 nitrogen and oxygen atoms in total. The first-order valence-corrected chi connectivity index (χ1v) is 26.6. The lowest BCUT2D eigenvalue weighted by Gasteiger charge is -2.34. The molecule has 2 atom stereocenters. The second-order valence-electron chi connectivity index (χ2n) is 18.8. The number of thiazole rings is 1. The van der Waals surface area contributed by atoms with E-state index in [1.54, 1.807) is 29.8 Å². The number of fused-ring (bicyclic) bond motifs is 1. The van der Waals surface area contributed by atoms with Crippen LogP contribution in [-0.2, 0) is 25.7 Å². The summed E-state index contributed by atoms with van der Waals surface area (Å²) >= 11 is 6.86. The maximum absolute atomic E-state index is 12.1. The number of piperazine rings is 1. The highest BCUT2D eigenvalue weighted by molar-refractivity contribution is 9.10. The van der Waals surface area contributed by atoms with Crippen molar-refractivity contribution in [1.82, 2.24) is 30.3 Å². The fraction of sp³-hybridized carbons (Fsp3) is 0.418. The van der Waals surface area contributed by atoms with Gasteiger partial charge in [-0.25, -0.2) is 4.98 Å². The van der Waals surface area contributed by atoms with Gasteiger partial charge in [-0.2, -0.15) is 0 Å². The molecule has 0 spiro atoms. The number of methoxy groups -OCH3 is 1. The number of rotatable bonds is 19. The Hall–Kier alpha value is -5.20. The summed E-state index contributed by atoms with van der Waals surface area (Å²) < 4.78 is 25.8. The van der Waals surface area contributed by atoms with Gasteiger partial charge in [-0.1, -0.05) is 73.1 Å². The summed E-state index contributed by atoms with van der Waals surface area (Å²) in [6.45, 7) is 18.3. The quantitative estimate of drug-likeness (QED) is 0.0593. The monoisotopic (exact) mass is 1070 g/mol. The van der Waals surface area contributed by atoms with Crippen LogP contribution in [0.3, 0.4) is 0 Å². The van der Waals surface area contributed by atoms with Crippen LogP contribution in [0.4, 0.5) is 0 Å². The van der Waals surface area contributed by atoms with Gasteiger partial charge in [0.25, 0.3) is 0 Å². The molecule has 2 amide bonds. The first kappa shape index (κ1) is 55.1. The van der Waals surface area contributed by atoms with Gasteiger partial charge >= 0.3 is 0 Å². The van der Waals surface area contributed by atoms with Crippen molar-refractivity contribution in [2.45, 2.75) is 66.1 Å². The Morgan fingerprint density at radius 2 is 1.49 bits per heavy atom. The Kier molecular flexibility index (Phi) is 21.4. The zero-order valence-corrected chi connectivity index (χ0v) is 45.3. The molecule has 0 saturated carbocycles. The van der Waals surface area contributed by atoms with Crippen molar-refractivity contribution < 1.29 is 33.3 Å². The number of benzene rings is 4. The van der Waals surface area contributed by atoms with E-state index in [1.807, 2.05) is 93.9 Å². The van der Waals surface area contributed by atoms with Crippen LogP contribution in [0.25, 0.3) is 31.0 Å². The zero-order valence-electron chi connectivity index (χ0n) is 42.1. The molecule has 4 heterocycles. The Bertz CT molecular complexity index is 2570. The van der Waals surface area contributed by atoms with Crippen molar-refractivity contribution in [3.05, 3.63) is 112 Å². The highest BCUT2D eigenvalue weighted by Gasteiger charge is 2.26. The predicted octanol–water partition coefficient (Wildman–Crippen LogP) is 10.3. The summed E-state index contributed by atoms with van der Waals surface area (Å²) in [5.41, 5.74) is 5.95. The van der Waals surface area contributed by atoms with Gasteiger partial charge in [0.05, 0.1) is 40.7 Å². The van der Waals surface area contributed by atoms with Gasteiger partial charge in [0.1, 0.15) is 36.7 Å². The molecule has 71 heavy (non-hydrogen) atoms. The lowest BCUT2D eigenvalue weighted by molar-refractivity contribution is -0.129. The Morgan fingerprint density at radius 3 is 2.06 bits per heavy atom. The number of thiophene rings is 1. The van der Waals surface area contributed by atoms with Gasteiger partial charge in [0.2, 0.25) is 12.3 Å². The molecule has 16 heteroatoms. The molecular weight excluding hydrogens is 1000 g/mol. The average Bonchev–Trinajstić information content (AvgIpc) is 4.09. The molecule has 2 unspecified atom stereocenters. The second kappa shape index (κ2) is 27.6. The molecule has 0 aliphatic carbocycles. The zero-order chi connectivity index (χ0) is 50.8. The number of nitrogens with zero attached hydrogens (tertiary/aromatic N) is 4. The summed E-state index contributed by atoms with van der Waals surface area (Å²) in [5, 5.41) is 6.42. The molecular formula is C55H69BrN6O7S2. The lowest BCUT2D eigenvalue weighted by atomic mass is 9.88. The van der Waals surface area contributed by atoms with Crippen LogP contribution in [0.15, 0.2) is 101 Å². The van der Waals surface area contributed by atoms with Gasteiger partial charge in [-0.3, -0.25) is 19.4 Å². The fourth-order valence-electron chi connectivity index (χ4n) is 7.94. The standard InChI is InChI=1S/C37H44BrN3O6S.C12H12N2OS.C6H13N/c1-37(2,3)33(24-42)39-34(43)25-45-21-19-40-15-17-41(18-16-40)20-22-46-28-9-11-29(12-10-28)47-35-31-14-13-30(44-4)23-32(31)48-36(35)26-5-7-27(38)8-6-26;1-9-12(16-8-14-9)11-4-2-10(3-5-11)6-13-7-15;1-6-4-3-5-7(6)2/h5-14,23-24,33H,15-22,25H2,1-4H3,(H,39,43);2-5,7-8H,6H2,1H3,(H,13,15);6H,3-5H2,1-2H3. The number of hydrogen-bond donors (Lipinski definition) is 2. The van der Waals surface area contributed by atoms with E-state index < -0.39 is 6.04 Å². The van der Waals surface area contributed by atoms with Crippen molar-refractivity contribution in [1.29, 1.82) is 0 Å². The van der Waals surface area contributed by atoms with Crippen molar-refractivity contribution in [3.8, 4) is 43.9 Å². The van der Waals surface area contributed by atoms with E-state index in [0.29, 0.717) is 26.2 Å². The molecule has 2 N–H and O–H groups in total. The van der Waals surface area contributed by atoms with Crippen LogP contribution in [0.2, 0.25) is 0 Å². The molecule has 8 rings (SSSR count). The normalized spacial score (nSPS) is 15.7. The SMILES string of the molecule is CC1CCCN1C.COc1ccc2c(Oc3ccc(OCCN4CCN(CCOCC(=O)NC(C=O)C(C)(C)C)CC4)cc3)c(-c3ccc(Br)cc3)sc2c1.Cc1ncsc1-c1ccc(CNC=O)cc1. The highest BCUT2D eigenvalue weighted by atomic mass is 79.9. The molecule has 6 aromatic rings. The third-order valence-corrected chi connectivity index (χ3v) is 15.2. The van der Waals surface area contributed by atoms with Gasteiger partial charge in [0.15, 0.2) is 5.75 Å². The summed E-state index contributed by atoms with van der Waals surface area (Å²) in [6, 6.07) is 30.6. The molecule has 2 aromatic heterocycles. The molecule has 2 aliphatic rings. The summed E-state index contributed by atoms with van der Waals surface area (Å²) in [7, 11) is 3.87. The van der Waals surface area contributed by atoms with E-state index in [1.165, 1.54) is 29.8 Å². The van der Waals surface area contributed by atoms with Gasteiger partial charge in [-0.05, 0) is 117 Å². The number of amides is 2. The largest absolute Gasteiger partial charge is 0.497 e. The van der Waals surface area contributed by atoms with Crippen LogP contribution < -0.4 is 24.8 Å². The Balaban J connectivity index is 0.000000291. The van der Waals surface area contributed by atoms with E-state index in [9.17, 15) is 14.4 Å². The lowest BCUT2D eigenvalue weighted by Crippen LogP contribution is -2.48. The number of nitrogens with one attached hydrogen (secondary N) is 2. The molecule has 380 valence electrons. The number of likely N-dealkylation sites (tertiary alicyclic amines) is 1. The number of carbonyl (C=O) groups excluding carboxylic acids is 3. The van der Waals surface area contributed by atoms with E-state index >= 15 is 0 Å². The molecule has 2 fully saturated rings. The first-order chi connectivity index (χ1) is 34.2. The van der Waals surface area contributed by atoms with Crippen LogP contribution in [0.1, 0.15) is 51.8 Å². The number of aromatic nitrogens is 1. The van der Waals surface area contributed by atoms with Gasteiger partial charge in [-0.15, -0.1) is 22.7 Å². The van der Waals surface area contributed by atoms with E-state index in [2.05, 4.69) is 90.6 Å². The van der Waals surface area contributed by atoms with E-state index in [-0.39, 0.29) is 17.9 Å². The van der Waals surface area contributed by atoms with Gasteiger partial charge < -0.3 is 39.3 Å². The highest BCUT2D eigenvalue weighted by Crippen LogP contribution is 2.47. The number of ether oxygens (including phenoxy) is 4. The number of hydrogen-bond acceptors (Lipinski definition) is 13. The summed E-state index contributed by atoms with van der Waals surface area (Å²) in [5.74, 6) is 2.92. The van der Waals surface area contributed by atoms with Crippen LogP contribution >= 0.6 is 38.6 Å². The third kappa shape index (κ3) is 16.9. The minimum atomic E-state index is -0.528. The Labute approximate surface area is 436 Å². The van der Waals surface area contributed by atoms with Crippen LogP contribution in [0.5, 0.6) is 23.0 Å². The second-order valence-corrected chi connectivity index (χ2v) is 21.6. The summed E-state index contributed by atoms with van der Waals surface area (Å²) in [4.78, 5) is 47.2. The minimum Gasteiger partial charge on any atom is -0.497 e. The Morgan fingerprint density at radius 1 is 0.859 bits per heavy atom. The van der Waals surface area contributed by atoms with Crippen molar-refractivity contribution in [3.63, 3.8) is 0 Å². The topological polar surface area (TPSA) is 135 Å². The number of halogens is 1. The average molecular weight is 1070 g/mol. The van der Waals surface area contributed by atoms with Crippen molar-refractivity contribution in [2.75, 3.05) is 79.8 Å². The molecule has 2 saturated heterocycles. The predicted molar refractivity (Wildman–Crippen MR) is 291 cm³/mol. The molecule has 0 bridgehead atoms. The van der Waals surface area contributed by atoms with E-state index in [0.717, 1.165) is 111 Å². The smallest absolute Gasteiger partial charge is 0.246 e. The maximum atomic E-state index is 12.1. The number of aldehydes is 1. The molecule has 4 aromatic carbocycles. The number of aryl methyl sites for hydroxylation is 1. The van der Waals surface area contributed by atoms with E-state index in [4.69, 9.17) is 18.9 Å². The van der Waals surface area contributed by atoms with Crippen LogP contribution in [0, 0.1) is 12.3 Å². The van der Waals surface area contributed by atoms with Gasteiger partial charge in [0, 0.05) is 66.4 Å². The van der Waals surface area contributed by atoms with Crippen LogP contribution in [-0.4, -0.2) is 130 Å². The maximum Gasteiger partial charge on any atom is 0.246 e. The van der Waals surface area contributed by atoms with Crippen molar-refractivity contribution in [2.24, 2.45) is 5.41 Å². The molecule has 0 radical (unpaired) electrons. The fourth-order valence-corrected chi connectivity index (χ4v) is 10.2. The third-order valence-electron chi connectivity index (χ3n) is 12.5. The van der Waals surface area contributed by atoms with Crippen molar-refractivity contribution >= 4 is 67.3 Å². The minimum absolute atomic E-state index is 0.0433. The molecule has 2 aliphatic heterocycles.